The molecule has 0 saturated carbocycles. The number of phosphoric acid groups is 1. The average molecular weight is 1100 g/mol. The quantitative estimate of drug-likeness (QED) is 0.0210. The lowest BCUT2D eigenvalue weighted by Gasteiger charge is -2.28. The zero-order valence-electron chi connectivity index (χ0n) is 38.2. The lowest BCUT2D eigenvalue weighted by atomic mass is 10.1. The maximum atomic E-state index is 13.7. The Bertz CT molecular complexity index is 2820. The predicted octanol–water partition coefficient (Wildman–Crippen LogP) is -1.22. The number of carbonyl (C=O) groups is 4. The zero-order valence-corrected chi connectivity index (χ0v) is 41.8. The largest absolute Gasteiger partial charge is 0.472 e. The van der Waals surface area contributed by atoms with E-state index in [2.05, 4.69) is 65.4 Å². The van der Waals surface area contributed by atoms with Crippen LogP contribution >= 0.6 is 39.5 Å². The van der Waals surface area contributed by atoms with Gasteiger partial charge in [-0.15, -0.1) is 0 Å². The second-order valence-corrected chi connectivity index (χ2v) is 21.0. The Kier molecular flexibility index (Phi) is 18.1. The van der Waals surface area contributed by atoms with Gasteiger partial charge in [-0.25, -0.2) is 29.1 Å². The number of imidazole rings is 2. The predicted molar refractivity (Wildman–Crippen MR) is 253 cm³/mol. The van der Waals surface area contributed by atoms with Crippen molar-refractivity contribution in [2.24, 2.45) is 0 Å². The molecule has 0 spiro atoms. The summed E-state index contributed by atoms with van der Waals surface area (Å²) in [5.74, 6) is -1.83. The minimum atomic E-state index is -5.02. The van der Waals surface area contributed by atoms with Crippen molar-refractivity contribution in [1.29, 1.82) is 0 Å². The highest BCUT2D eigenvalue weighted by atomic mass is 32.7. The van der Waals surface area contributed by atoms with E-state index in [-0.39, 0.29) is 99.0 Å². The molecular weight excluding hydrogens is 1050 g/mol. The number of nitrogens with two attached hydrogens (primary N) is 1. The van der Waals surface area contributed by atoms with Gasteiger partial charge in [-0.3, -0.25) is 61.1 Å². The number of hydrogen-bond donors (Lipinski definition) is 8. The molecule has 398 valence electrons. The number of rotatable bonds is 21. The van der Waals surface area contributed by atoms with Gasteiger partial charge in [0.25, 0.3) is 17.4 Å². The van der Waals surface area contributed by atoms with Crippen molar-refractivity contribution < 1.29 is 84.8 Å². The van der Waals surface area contributed by atoms with Crippen LogP contribution in [0.5, 0.6) is 0 Å². The second kappa shape index (κ2) is 24.3. The maximum Gasteiger partial charge on any atom is 0.472 e. The first kappa shape index (κ1) is 54.5. The summed E-state index contributed by atoms with van der Waals surface area (Å²) < 4.78 is 86.0. The topological polar surface area (TPSA) is 396 Å². The monoisotopic (exact) mass is 1100 g/mol. The Morgan fingerprint density at radius 1 is 0.795 bits per heavy atom. The van der Waals surface area contributed by atoms with Crippen molar-refractivity contribution in [3.8, 4) is 0 Å². The third kappa shape index (κ3) is 13.5. The molecule has 8 heterocycles. The Morgan fingerprint density at radius 2 is 1.41 bits per heavy atom. The van der Waals surface area contributed by atoms with Crippen molar-refractivity contribution >= 4 is 97.2 Å². The molecule has 8 rings (SSSR count). The van der Waals surface area contributed by atoms with Crippen LogP contribution in [0, 0.1) is 0 Å². The molecule has 3 fully saturated rings. The number of aromatic amines is 1. The number of thiol groups is 2. The van der Waals surface area contributed by atoms with Crippen molar-refractivity contribution in [1.82, 2.24) is 49.3 Å². The van der Waals surface area contributed by atoms with Gasteiger partial charge < -0.3 is 54.8 Å². The summed E-state index contributed by atoms with van der Waals surface area (Å²) in [6.07, 6.45) is -3.92. The molecule has 10 atom stereocenters. The maximum absolute atomic E-state index is 13.7. The number of amides is 4. The first-order chi connectivity index (χ1) is 35.0. The number of aromatic nitrogens is 8. The molecule has 31 nitrogen and oxygen atoms in total. The van der Waals surface area contributed by atoms with Crippen LogP contribution in [0.15, 0.2) is 35.9 Å². The number of nitrogen functional groups attached to an aromatic ring is 1. The molecule has 0 bridgehead atoms. The van der Waals surface area contributed by atoms with Gasteiger partial charge in [-0.1, -0.05) is 12.2 Å². The van der Waals surface area contributed by atoms with Gasteiger partial charge in [0.05, 0.1) is 90.4 Å². The summed E-state index contributed by atoms with van der Waals surface area (Å²) in [5.41, 5.74) is 5.15. The lowest BCUT2D eigenvalue weighted by molar-refractivity contribution is -0.137. The van der Waals surface area contributed by atoms with Gasteiger partial charge in [-0.05, 0) is 0 Å². The third-order valence-corrected chi connectivity index (χ3v) is 14.3. The fraction of sp³-hybridized carbons (Fsp3) is 0.579. The van der Waals surface area contributed by atoms with Crippen molar-refractivity contribution in [2.45, 2.75) is 61.1 Å². The Hall–Kier alpha value is -4.80. The number of aliphatic hydroxyl groups is 1. The van der Waals surface area contributed by atoms with E-state index < -0.39 is 99.3 Å². The normalized spacial score (nSPS) is 28.6. The van der Waals surface area contributed by atoms with Crippen molar-refractivity contribution in [3.05, 3.63) is 41.5 Å². The number of hydrogen-bond acceptors (Lipinski definition) is 25. The minimum Gasteiger partial charge on any atom is -0.386 e. The van der Waals surface area contributed by atoms with Gasteiger partial charge in [0.1, 0.15) is 36.8 Å². The highest BCUT2D eigenvalue weighted by Gasteiger charge is 2.53. The van der Waals surface area contributed by atoms with Crippen LogP contribution in [0.3, 0.4) is 0 Å². The number of phosphoric ester groups is 1. The van der Waals surface area contributed by atoms with Crippen LogP contribution in [0.2, 0.25) is 0 Å². The molecule has 3 saturated heterocycles. The number of carbonyl (C=O) groups excluding carboxylic acids is 4. The summed E-state index contributed by atoms with van der Waals surface area (Å²) in [4.78, 5) is 95.4. The van der Waals surface area contributed by atoms with E-state index in [1.54, 1.807) is 0 Å². The molecule has 73 heavy (non-hydrogen) atoms. The molecule has 4 amide bonds. The van der Waals surface area contributed by atoms with E-state index in [4.69, 9.17) is 52.2 Å². The Balaban J connectivity index is 0.752. The van der Waals surface area contributed by atoms with Gasteiger partial charge in [0, 0.05) is 31.7 Å². The Labute approximate surface area is 422 Å². The summed E-state index contributed by atoms with van der Waals surface area (Å²) >= 11 is 8.78. The fourth-order valence-corrected chi connectivity index (χ4v) is 10.8. The van der Waals surface area contributed by atoms with Crippen LogP contribution in [0.4, 0.5) is 11.8 Å². The molecule has 4 aliphatic rings. The fourth-order valence-electron chi connectivity index (χ4n) is 7.73. The average Bonchev–Trinajstić information content (AvgIpc) is 4.16. The number of aliphatic hydroxyl groups excluding tert-OH is 1. The number of fused-ring (bicyclic) bond motifs is 4. The van der Waals surface area contributed by atoms with Crippen LogP contribution in [0.1, 0.15) is 25.3 Å². The number of ether oxygens (including phenoxy) is 6. The van der Waals surface area contributed by atoms with E-state index in [1.165, 1.54) is 21.8 Å². The molecule has 4 aromatic heterocycles. The summed E-state index contributed by atoms with van der Waals surface area (Å²) in [5, 5.41) is 15.6. The lowest BCUT2D eigenvalue weighted by Crippen LogP contribution is -2.38. The van der Waals surface area contributed by atoms with Gasteiger partial charge in [-0.2, -0.15) is 17.6 Å². The van der Waals surface area contributed by atoms with Crippen LogP contribution in [-0.4, -0.2) is 192 Å². The van der Waals surface area contributed by atoms with Crippen molar-refractivity contribution in [3.63, 3.8) is 0 Å². The molecule has 4 unspecified atom stereocenters. The second-order valence-electron chi connectivity index (χ2n) is 16.1. The smallest absolute Gasteiger partial charge is 0.386 e. The molecule has 7 N–H and O–H groups in total. The molecule has 0 aromatic carbocycles. The SMILES string of the molecule is Nc1nc2c(ncn2[C@@H]2O[C@@H]3COP(=O)(O)OC4[C@@H](COP(=O)(S)O[C@@H]3C2O)O[C@@H](n2cnc3c(NC(=O)CCOCCOCCOCCOCCNC(=O)CCN5C(=O)C=CC5=O)ncnc32)[C@H]4S)c(=O)[nH]1. The van der Waals surface area contributed by atoms with E-state index in [0.29, 0.717) is 19.8 Å². The summed E-state index contributed by atoms with van der Waals surface area (Å²) in [6, 6.07) is 0. The van der Waals surface area contributed by atoms with Gasteiger partial charge in [0.15, 0.2) is 40.6 Å². The number of nitrogens with one attached hydrogen (secondary N) is 3. The minimum absolute atomic E-state index is 0.00334. The van der Waals surface area contributed by atoms with Crippen LogP contribution < -0.4 is 21.9 Å². The van der Waals surface area contributed by atoms with E-state index in [1.807, 2.05) is 0 Å². The molecule has 35 heteroatoms. The number of nitrogens with zero attached hydrogens (tertiary/aromatic N) is 8. The number of imide groups is 1. The Morgan fingerprint density at radius 3 is 2.12 bits per heavy atom. The van der Waals surface area contributed by atoms with Crippen LogP contribution in [0.25, 0.3) is 22.3 Å². The standard InChI is InChI=1S/C38H50N12O19P2S2/c39-38-46-34-27(35(56)47-38)44-19-50(34)36-28(55)29-20(66-36)15-64-70(57,58)68-30-21(16-65-71(59,73)69-29)67-37(31(30)72)49-18-43-26-32(41-17-42-33(26)49)45-23(52)4-7-60-9-11-62-13-14-63-12-10-61-8-5-40-22(51)3-6-48-24(53)1-2-25(48)54/h1-2,17-21,28-31,36-37,55,72H,3-16H2,(H,40,51)(H,57,58)(H,59,73)(H3,39,46,47,56)(H,41,42,45,52)/t20-,21-,28?,29+,30?,31+,36-,37-,71?/m1/s1. The molecule has 4 aromatic rings. The van der Waals surface area contributed by atoms with E-state index >= 15 is 0 Å². The van der Waals surface area contributed by atoms with E-state index in [9.17, 15) is 43.1 Å². The molecule has 0 aliphatic carbocycles. The first-order valence-electron chi connectivity index (χ1n) is 22.3. The molecule has 0 radical (unpaired) electrons. The van der Waals surface area contributed by atoms with Gasteiger partial charge in [0.2, 0.25) is 17.8 Å². The van der Waals surface area contributed by atoms with Gasteiger partial charge >= 0.3 is 14.6 Å². The zero-order chi connectivity index (χ0) is 51.9. The number of anilines is 2. The van der Waals surface area contributed by atoms with E-state index in [0.717, 1.165) is 23.4 Å². The third-order valence-electron chi connectivity index (χ3n) is 11.2. The summed E-state index contributed by atoms with van der Waals surface area (Å²) in [6.45, 7) is -3.58. The summed E-state index contributed by atoms with van der Waals surface area (Å²) in [7, 11) is -5.02. The highest BCUT2D eigenvalue weighted by Crippen LogP contribution is 2.58. The van der Waals surface area contributed by atoms with Crippen LogP contribution in [-0.2, 0) is 74.8 Å². The highest BCUT2D eigenvalue weighted by molar-refractivity contribution is 8.44. The molecular formula is C38H50N12O19P2S2. The number of H-pyrrole nitrogens is 1. The first-order valence-corrected chi connectivity index (χ1v) is 27.0. The molecule has 4 aliphatic heterocycles. The van der Waals surface area contributed by atoms with Crippen molar-refractivity contribution in [2.75, 3.05) is 90.2 Å².